The molecule has 0 amide bonds. The number of aliphatic hydroxyl groups is 1. The molecule has 0 saturated carbocycles. The lowest BCUT2D eigenvalue weighted by Gasteiger charge is -2.19. The van der Waals surface area contributed by atoms with Gasteiger partial charge in [-0.1, -0.05) is 48.0 Å². The van der Waals surface area contributed by atoms with Crippen molar-refractivity contribution in [1.29, 1.82) is 0 Å². The van der Waals surface area contributed by atoms with Crippen LogP contribution in [0.15, 0.2) is 48.5 Å². The Bertz CT molecular complexity index is 601. The summed E-state index contributed by atoms with van der Waals surface area (Å²) in [5.41, 5.74) is 6.48. The number of rotatable bonds is 4. The largest absolute Gasteiger partial charge is 0.400 e. The van der Waals surface area contributed by atoms with Crippen LogP contribution in [0.25, 0.3) is 11.1 Å². The van der Waals surface area contributed by atoms with Gasteiger partial charge in [0.2, 0.25) is 0 Å². The van der Waals surface area contributed by atoms with Gasteiger partial charge in [0, 0.05) is 17.7 Å². The molecule has 2 aromatic rings. The maximum atomic E-state index is 13.8. The molecular formula is C16H16ClF2NO2. The number of benzene rings is 2. The van der Waals surface area contributed by atoms with Crippen molar-refractivity contribution < 1.29 is 18.7 Å². The summed E-state index contributed by atoms with van der Waals surface area (Å²) in [4.78, 5) is 10.4. The van der Waals surface area contributed by atoms with Crippen LogP contribution in [0.1, 0.15) is 5.56 Å². The Hall–Kier alpha value is -1.82. The van der Waals surface area contributed by atoms with Crippen molar-refractivity contribution in [2.24, 2.45) is 5.73 Å². The molecule has 1 atom stereocenters. The SMILES string of the molecule is CO.NC(C=O)C(F)(F)c1ccc(-c2ccc(Cl)cc2)cc1. The van der Waals surface area contributed by atoms with Crippen LogP contribution >= 0.6 is 11.6 Å². The Kier molecular flexibility index (Phi) is 6.61. The smallest absolute Gasteiger partial charge is 0.294 e. The van der Waals surface area contributed by atoms with Gasteiger partial charge in [0.25, 0.3) is 5.92 Å². The van der Waals surface area contributed by atoms with Gasteiger partial charge in [-0.25, -0.2) is 0 Å². The van der Waals surface area contributed by atoms with E-state index in [0.29, 0.717) is 5.02 Å². The molecule has 0 heterocycles. The lowest BCUT2D eigenvalue weighted by Crippen LogP contribution is -2.39. The van der Waals surface area contributed by atoms with E-state index in [2.05, 4.69) is 0 Å². The van der Waals surface area contributed by atoms with Gasteiger partial charge in [0.15, 0.2) is 0 Å². The molecule has 0 radical (unpaired) electrons. The summed E-state index contributed by atoms with van der Waals surface area (Å²) in [6.07, 6.45) is 0.0487. The van der Waals surface area contributed by atoms with Crippen LogP contribution in [0.2, 0.25) is 5.02 Å². The normalized spacial score (nSPS) is 12.1. The number of halogens is 3. The lowest BCUT2D eigenvalue weighted by atomic mass is 9.98. The Balaban J connectivity index is 0.00000116. The van der Waals surface area contributed by atoms with Crippen molar-refractivity contribution in [3.05, 3.63) is 59.1 Å². The van der Waals surface area contributed by atoms with Crippen LogP contribution < -0.4 is 5.73 Å². The zero-order valence-electron chi connectivity index (χ0n) is 11.8. The van der Waals surface area contributed by atoms with Crippen molar-refractivity contribution in [2.45, 2.75) is 12.0 Å². The van der Waals surface area contributed by atoms with Crippen molar-refractivity contribution in [3.8, 4) is 11.1 Å². The van der Waals surface area contributed by atoms with Gasteiger partial charge in [-0.2, -0.15) is 8.78 Å². The van der Waals surface area contributed by atoms with Crippen molar-refractivity contribution in [1.82, 2.24) is 0 Å². The molecule has 2 aromatic carbocycles. The summed E-state index contributed by atoms with van der Waals surface area (Å²) < 4.78 is 27.5. The van der Waals surface area contributed by atoms with Gasteiger partial charge in [-0.3, -0.25) is 0 Å². The van der Waals surface area contributed by atoms with E-state index in [9.17, 15) is 13.6 Å². The van der Waals surface area contributed by atoms with Gasteiger partial charge in [-0.05, 0) is 23.3 Å². The highest BCUT2D eigenvalue weighted by Crippen LogP contribution is 2.32. The standard InChI is InChI=1S/C15H12ClF2NO.CH4O/c16-13-7-3-11(4-8-13)10-1-5-12(6-2-10)15(17,18)14(19)9-20;1-2/h1-9,14H,19H2;2H,1H3. The number of alkyl halides is 2. The van der Waals surface area contributed by atoms with Crippen LogP contribution in [0.3, 0.4) is 0 Å². The van der Waals surface area contributed by atoms with Gasteiger partial charge >= 0.3 is 0 Å². The molecule has 0 bridgehead atoms. The lowest BCUT2D eigenvalue weighted by molar-refractivity contribution is -0.118. The fraction of sp³-hybridized carbons (Fsp3) is 0.188. The maximum absolute atomic E-state index is 13.8. The number of hydrogen-bond donors (Lipinski definition) is 2. The molecule has 0 saturated heterocycles. The first-order valence-electron chi connectivity index (χ1n) is 6.35. The third-order valence-electron chi connectivity index (χ3n) is 3.01. The predicted molar refractivity (Wildman–Crippen MR) is 83.0 cm³/mol. The van der Waals surface area contributed by atoms with Gasteiger partial charge in [-0.15, -0.1) is 0 Å². The Labute approximate surface area is 132 Å². The van der Waals surface area contributed by atoms with Crippen LogP contribution in [0.5, 0.6) is 0 Å². The van der Waals surface area contributed by atoms with E-state index in [1.54, 1.807) is 36.4 Å². The molecule has 118 valence electrons. The van der Waals surface area contributed by atoms with Crippen molar-refractivity contribution in [2.75, 3.05) is 7.11 Å². The molecule has 0 aliphatic carbocycles. The summed E-state index contributed by atoms with van der Waals surface area (Å²) in [7, 11) is 1.00. The molecular weight excluding hydrogens is 312 g/mol. The molecule has 0 aliphatic rings. The summed E-state index contributed by atoms with van der Waals surface area (Å²) >= 11 is 5.79. The fourth-order valence-electron chi connectivity index (χ4n) is 1.81. The molecule has 3 N–H and O–H groups in total. The fourth-order valence-corrected chi connectivity index (χ4v) is 1.93. The summed E-state index contributed by atoms with van der Waals surface area (Å²) in [6, 6.07) is 10.9. The van der Waals surface area contributed by atoms with Crippen LogP contribution in [0, 0.1) is 0 Å². The van der Waals surface area contributed by atoms with E-state index in [1.165, 1.54) is 12.1 Å². The first-order valence-corrected chi connectivity index (χ1v) is 6.73. The van der Waals surface area contributed by atoms with Crippen LogP contribution in [0.4, 0.5) is 8.78 Å². The minimum atomic E-state index is -3.37. The third-order valence-corrected chi connectivity index (χ3v) is 3.26. The quantitative estimate of drug-likeness (QED) is 0.847. The number of nitrogens with two attached hydrogens (primary N) is 1. The van der Waals surface area contributed by atoms with Gasteiger partial charge in [0.1, 0.15) is 12.3 Å². The molecule has 22 heavy (non-hydrogen) atoms. The minimum Gasteiger partial charge on any atom is -0.400 e. The van der Waals surface area contributed by atoms with E-state index >= 15 is 0 Å². The zero-order valence-corrected chi connectivity index (χ0v) is 12.6. The molecule has 0 aromatic heterocycles. The van der Waals surface area contributed by atoms with Crippen LogP contribution in [-0.4, -0.2) is 24.5 Å². The summed E-state index contributed by atoms with van der Waals surface area (Å²) in [5.74, 6) is -3.37. The van der Waals surface area contributed by atoms with Gasteiger partial charge in [0.05, 0.1) is 0 Å². The molecule has 0 spiro atoms. The molecule has 1 unspecified atom stereocenters. The van der Waals surface area contributed by atoms with Crippen molar-refractivity contribution >= 4 is 17.9 Å². The summed E-state index contributed by atoms with van der Waals surface area (Å²) in [5, 5.41) is 7.61. The number of hydrogen-bond acceptors (Lipinski definition) is 3. The Morgan fingerprint density at radius 3 is 1.86 bits per heavy atom. The van der Waals surface area contributed by atoms with E-state index in [0.717, 1.165) is 18.2 Å². The highest BCUT2D eigenvalue weighted by molar-refractivity contribution is 6.30. The zero-order chi connectivity index (χ0) is 16.8. The number of carbonyl (C=O) groups is 1. The van der Waals surface area contributed by atoms with E-state index in [1.807, 2.05) is 0 Å². The second kappa shape index (κ2) is 7.98. The second-order valence-corrected chi connectivity index (χ2v) is 4.81. The van der Waals surface area contributed by atoms with E-state index < -0.39 is 12.0 Å². The molecule has 3 nitrogen and oxygen atoms in total. The number of aliphatic hydroxyl groups excluding tert-OH is 1. The minimum absolute atomic E-state index is 0.0487. The average molecular weight is 328 g/mol. The molecule has 2 rings (SSSR count). The maximum Gasteiger partial charge on any atom is 0.294 e. The third kappa shape index (κ3) is 4.10. The molecule has 6 heteroatoms. The molecule has 0 fully saturated rings. The van der Waals surface area contributed by atoms with Crippen LogP contribution in [-0.2, 0) is 10.7 Å². The highest BCUT2D eigenvalue weighted by atomic mass is 35.5. The summed E-state index contributed by atoms with van der Waals surface area (Å²) in [6.45, 7) is 0. The number of aldehydes is 1. The Morgan fingerprint density at radius 1 is 1.05 bits per heavy atom. The monoisotopic (exact) mass is 327 g/mol. The second-order valence-electron chi connectivity index (χ2n) is 4.37. The average Bonchev–Trinajstić information content (AvgIpc) is 2.56. The molecule has 0 aliphatic heterocycles. The van der Waals surface area contributed by atoms with E-state index in [-0.39, 0.29) is 11.8 Å². The van der Waals surface area contributed by atoms with Gasteiger partial charge < -0.3 is 15.6 Å². The number of carbonyl (C=O) groups excluding carboxylic acids is 1. The highest BCUT2D eigenvalue weighted by Gasteiger charge is 2.38. The first kappa shape index (κ1) is 18.2. The Morgan fingerprint density at radius 2 is 1.45 bits per heavy atom. The predicted octanol–water partition coefficient (Wildman–Crippen LogP) is 3.23. The first-order chi connectivity index (χ1) is 10.4. The van der Waals surface area contributed by atoms with E-state index in [4.69, 9.17) is 22.4 Å². The van der Waals surface area contributed by atoms with Crippen molar-refractivity contribution in [3.63, 3.8) is 0 Å². The topological polar surface area (TPSA) is 63.3 Å².